The highest BCUT2D eigenvalue weighted by Crippen LogP contribution is 2.23. The first-order valence-corrected chi connectivity index (χ1v) is 10.1. The number of amides is 1. The average molecular weight is 385 g/mol. The summed E-state index contributed by atoms with van der Waals surface area (Å²) in [5, 5.41) is 4.15. The highest BCUT2D eigenvalue weighted by molar-refractivity contribution is 6.30. The Hall–Kier alpha value is -1.98. The second kappa shape index (κ2) is 8.36. The van der Waals surface area contributed by atoms with E-state index in [0.717, 1.165) is 66.6 Å². The fourth-order valence-corrected chi connectivity index (χ4v) is 4.00. The van der Waals surface area contributed by atoms with Crippen LogP contribution in [0.2, 0.25) is 5.02 Å². The molecular weight excluding hydrogens is 360 g/mol. The average Bonchev–Trinajstić information content (AvgIpc) is 2.73. The molecule has 0 spiro atoms. The van der Waals surface area contributed by atoms with Gasteiger partial charge in [-0.25, -0.2) is 9.97 Å². The van der Waals surface area contributed by atoms with Crippen molar-refractivity contribution in [3.63, 3.8) is 0 Å². The smallest absolute Gasteiger partial charge is 0.223 e. The number of halogens is 1. The number of hydrogen-bond donors (Lipinski definition) is 1. The van der Waals surface area contributed by atoms with Gasteiger partial charge in [0.1, 0.15) is 5.82 Å². The van der Waals surface area contributed by atoms with Crippen LogP contribution >= 0.6 is 11.6 Å². The van der Waals surface area contributed by atoms with Gasteiger partial charge in [0.2, 0.25) is 5.91 Å². The zero-order valence-corrected chi connectivity index (χ0v) is 16.2. The lowest BCUT2D eigenvalue weighted by Gasteiger charge is -2.29. The van der Waals surface area contributed by atoms with Gasteiger partial charge in [-0.3, -0.25) is 4.79 Å². The number of nitrogens with one attached hydrogen (secondary N) is 1. The monoisotopic (exact) mass is 384 g/mol. The van der Waals surface area contributed by atoms with Crippen LogP contribution in [0, 0.1) is 0 Å². The van der Waals surface area contributed by atoms with E-state index >= 15 is 0 Å². The van der Waals surface area contributed by atoms with Crippen LogP contribution in [0.15, 0.2) is 30.5 Å². The molecule has 142 valence electrons. The summed E-state index contributed by atoms with van der Waals surface area (Å²) in [5.74, 6) is 1.57. The SMILES string of the molecule is O=C(CCc1ccc(Cl)cc1)N1CCc2nc(C3CCCNC3)ncc2C1. The number of nitrogens with zero attached hydrogens (tertiary/aromatic N) is 3. The molecule has 0 saturated carbocycles. The van der Waals surface area contributed by atoms with Crippen LogP contribution in [0.25, 0.3) is 0 Å². The van der Waals surface area contributed by atoms with Gasteiger partial charge in [-0.2, -0.15) is 0 Å². The molecule has 6 heteroatoms. The summed E-state index contributed by atoms with van der Waals surface area (Å²) >= 11 is 5.91. The molecule has 4 rings (SSSR count). The third-order valence-electron chi connectivity index (χ3n) is 5.51. The van der Waals surface area contributed by atoms with Crippen LogP contribution in [0.1, 0.15) is 47.8 Å². The van der Waals surface area contributed by atoms with Crippen LogP contribution in [0.4, 0.5) is 0 Å². The number of aryl methyl sites for hydroxylation is 1. The highest BCUT2D eigenvalue weighted by Gasteiger charge is 2.24. The second-order valence-corrected chi connectivity index (χ2v) is 7.87. The standard InChI is InChI=1S/C21H25ClN4O/c22-18-6-3-15(4-7-18)5-8-20(27)26-11-9-19-17(14-26)13-24-21(25-19)16-2-1-10-23-12-16/h3-4,6-7,13,16,23H,1-2,5,8-12,14H2. The Labute approximate surface area is 165 Å². The third-order valence-corrected chi connectivity index (χ3v) is 5.76. The quantitative estimate of drug-likeness (QED) is 0.879. The van der Waals surface area contributed by atoms with Gasteiger partial charge in [-0.05, 0) is 43.5 Å². The first-order valence-electron chi connectivity index (χ1n) is 9.76. The lowest BCUT2D eigenvalue weighted by atomic mass is 9.98. The lowest BCUT2D eigenvalue weighted by molar-refractivity contribution is -0.132. The molecule has 0 bridgehead atoms. The Bertz CT molecular complexity index is 802. The molecule has 0 aliphatic carbocycles. The molecule has 1 unspecified atom stereocenters. The van der Waals surface area contributed by atoms with Gasteiger partial charge in [0, 0.05) is 55.2 Å². The van der Waals surface area contributed by atoms with Crippen LogP contribution in [-0.4, -0.2) is 40.4 Å². The minimum Gasteiger partial charge on any atom is -0.338 e. The van der Waals surface area contributed by atoms with Crippen molar-refractivity contribution in [1.29, 1.82) is 0 Å². The maximum atomic E-state index is 12.6. The zero-order chi connectivity index (χ0) is 18.6. The summed E-state index contributed by atoms with van der Waals surface area (Å²) in [7, 11) is 0. The summed E-state index contributed by atoms with van der Waals surface area (Å²) in [6.07, 6.45) is 6.35. The Morgan fingerprint density at radius 2 is 2.15 bits per heavy atom. The molecule has 5 nitrogen and oxygen atoms in total. The molecule has 2 aliphatic heterocycles. The predicted octanol–water partition coefficient (Wildman–Crippen LogP) is 3.11. The Morgan fingerprint density at radius 1 is 1.30 bits per heavy atom. The van der Waals surface area contributed by atoms with Gasteiger partial charge in [0.15, 0.2) is 0 Å². The fraction of sp³-hybridized carbons (Fsp3) is 0.476. The molecule has 1 aromatic heterocycles. The number of fused-ring (bicyclic) bond motifs is 1. The third kappa shape index (κ3) is 4.47. The summed E-state index contributed by atoms with van der Waals surface area (Å²) < 4.78 is 0. The van der Waals surface area contributed by atoms with Gasteiger partial charge in [0.25, 0.3) is 0 Å². The molecule has 1 atom stereocenters. The minimum absolute atomic E-state index is 0.191. The number of hydrogen-bond acceptors (Lipinski definition) is 4. The molecule has 0 radical (unpaired) electrons. The second-order valence-electron chi connectivity index (χ2n) is 7.44. The van der Waals surface area contributed by atoms with Crippen molar-refractivity contribution in [2.45, 2.75) is 44.6 Å². The number of aromatic nitrogens is 2. The van der Waals surface area contributed by atoms with E-state index in [9.17, 15) is 4.79 Å². The molecule has 27 heavy (non-hydrogen) atoms. The summed E-state index contributed by atoms with van der Waals surface area (Å²) in [4.78, 5) is 24.0. The number of carbonyl (C=O) groups excluding carboxylic acids is 1. The molecular formula is C21H25ClN4O. The van der Waals surface area contributed by atoms with Crippen molar-refractivity contribution in [2.75, 3.05) is 19.6 Å². The summed E-state index contributed by atoms with van der Waals surface area (Å²) in [6, 6.07) is 7.71. The number of carbonyl (C=O) groups is 1. The van der Waals surface area contributed by atoms with E-state index in [0.29, 0.717) is 18.9 Å². The molecule has 1 fully saturated rings. The van der Waals surface area contributed by atoms with Crippen molar-refractivity contribution in [3.05, 3.63) is 58.1 Å². The molecule has 1 aromatic carbocycles. The van der Waals surface area contributed by atoms with E-state index in [1.54, 1.807) is 0 Å². The van der Waals surface area contributed by atoms with E-state index in [1.165, 1.54) is 6.42 Å². The van der Waals surface area contributed by atoms with E-state index < -0.39 is 0 Å². The number of benzene rings is 1. The van der Waals surface area contributed by atoms with Crippen molar-refractivity contribution in [2.24, 2.45) is 0 Å². The van der Waals surface area contributed by atoms with Crippen LogP contribution in [-0.2, 0) is 24.2 Å². The zero-order valence-electron chi connectivity index (χ0n) is 15.5. The molecule has 2 aliphatic rings. The largest absolute Gasteiger partial charge is 0.338 e. The van der Waals surface area contributed by atoms with Crippen molar-refractivity contribution >= 4 is 17.5 Å². The van der Waals surface area contributed by atoms with Gasteiger partial charge < -0.3 is 10.2 Å². The topological polar surface area (TPSA) is 58.1 Å². The van der Waals surface area contributed by atoms with Crippen LogP contribution < -0.4 is 5.32 Å². The van der Waals surface area contributed by atoms with Crippen LogP contribution in [0.5, 0.6) is 0 Å². The van der Waals surface area contributed by atoms with Crippen molar-refractivity contribution < 1.29 is 4.79 Å². The first kappa shape index (κ1) is 18.4. The van der Waals surface area contributed by atoms with Crippen molar-refractivity contribution in [1.82, 2.24) is 20.2 Å². The molecule has 1 saturated heterocycles. The Kier molecular flexibility index (Phi) is 5.69. The molecule has 1 amide bonds. The normalized spacial score (nSPS) is 19.6. The molecule has 3 heterocycles. The number of piperidine rings is 1. The fourth-order valence-electron chi connectivity index (χ4n) is 3.87. The van der Waals surface area contributed by atoms with Crippen molar-refractivity contribution in [3.8, 4) is 0 Å². The predicted molar refractivity (Wildman–Crippen MR) is 106 cm³/mol. The van der Waals surface area contributed by atoms with Gasteiger partial charge in [-0.15, -0.1) is 0 Å². The van der Waals surface area contributed by atoms with E-state index in [4.69, 9.17) is 16.6 Å². The van der Waals surface area contributed by atoms with Gasteiger partial charge in [-0.1, -0.05) is 23.7 Å². The molecule has 1 N–H and O–H groups in total. The van der Waals surface area contributed by atoms with Gasteiger partial charge in [0.05, 0.1) is 5.69 Å². The van der Waals surface area contributed by atoms with E-state index in [1.807, 2.05) is 35.4 Å². The van der Waals surface area contributed by atoms with Crippen LogP contribution in [0.3, 0.4) is 0 Å². The lowest BCUT2D eigenvalue weighted by Crippen LogP contribution is -2.37. The summed E-state index contributed by atoms with van der Waals surface area (Å²) in [6.45, 7) is 3.42. The Balaban J connectivity index is 1.36. The van der Waals surface area contributed by atoms with E-state index in [2.05, 4.69) is 10.3 Å². The maximum absolute atomic E-state index is 12.6. The number of rotatable bonds is 4. The first-order chi connectivity index (χ1) is 13.2. The van der Waals surface area contributed by atoms with E-state index in [-0.39, 0.29) is 5.91 Å². The Morgan fingerprint density at radius 3 is 2.93 bits per heavy atom. The highest BCUT2D eigenvalue weighted by atomic mass is 35.5. The van der Waals surface area contributed by atoms with Gasteiger partial charge >= 0.3 is 0 Å². The summed E-state index contributed by atoms with van der Waals surface area (Å²) in [5.41, 5.74) is 3.35. The molecule has 2 aromatic rings. The minimum atomic E-state index is 0.191. The maximum Gasteiger partial charge on any atom is 0.223 e.